The number of carboxylic acid groups (broad SMARTS) is 1. The van der Waals surface area contributed by atoms with Crippen molar-refractivity contribution in [3.8, 4) is 0 Å². The molecule has 1 fully saturated rings. The molecule has 6 nitrogen and oxygen atoms in total. The van der Waals surface area contributed by atoms with Gasteiger partial charge in [-0.25, -0.2) is 0 Å². The van der Waals surface area contributed by atoms with Crippen LogP contribution in [0.15, 0.2) is 34.9 Å². The van der Waals surface area contributed by atoms with E-state index in [4.69, 9.17) is 4.52 Å². The van der Waals surface area contributed by atoms with Gasteiger partial charge in [0.2, 0.25) is 5.91 Å². The summed E-state index contributed by atoms with van der Waals surface area (Å²) < 4.78 is 5.15. The molecule has 1 saturated heterocycles. The molecule has 1 amide bonds. The number of rotatable bonds is 4. The molecule has 0 spiro atoms. The summed E-state index contributed by atoms with van der Waals surface area (Å²) >= 11 is 0. The lowest BCUT2D eigenvalue weighted by atomic mass is 9.93. The van der Waals surface area contributed by atoms with Gasteiger partial charge >= 0.3 is 5.97 Å². The fourth-order valence-corrected chi connectivity index (χ4v) is 3.16. The molecule has 1 aromatic carbocycles. The van der Waals surface area contributed by atoms with Crippen LogP contribution in [0.5, 0.6) is 0 Å². The zero-order valence-electron chi connectivity index (χ0n) is 13.0. The first kappa shape index (κ1) is 15.3. The number of benzene rings is 1. The van der Waals surface area contributed by atoms with E-state index in [9.17, 15) is 14.7 Å². The third-order valence-electron chi connectivity index (χ3n) is 4.40. The van der Waals surface area contributed by atoms with E-state index >= 15 is 0 Å². The Balaban J connectivity index is 1.99. The predicted molar refractivity (Wildman–Crippen MR) is 81.5 cm³/mol. The monoisotopic (exact) mass is 314 g/mol. The van der Waals surface area contributed by atoms with Gasteiger partial charge in [-0.1, -0.05) is 35.5 Å². The highest BCUT2D eigenvalue weighted by Crippen LogP contribution is 2.39. The number of nitrogens with zero attached hydrogens (tertiary/aromatic N) is 2. The van der Waals surface area contributed by atoms with Gasteiger partial charge in [0.05, 0.1) is 24.2 Å². The van der Waals surface area contributed by atoms with E-state index in [-0.39, 0.29) is 12.3 Å². The Hall–Kier alpha value is -2.63. The van der Waals surface area contributed by atoms with Crippen molar-refractivity contribution in [3.63, 3.8) is 0 Å². The zero-order valence-corrected chi connectivity index (χ0v) is 13.0. The molecular formula is C17H18N2O4. The molecule has 23 heavy (non-hydrogen) atoms. The van der Waals surface area contributed by atoms with Crippen molar-refractivity contribution < 1.29 is 19.2 Å². The highest BCUT2D eigenvalue weighted by molar-refractivity contribution is 5.87. The molecule has 6 heteroatoms. The summed E-state index contributed by atoms with van der Waals surface area (Å²) in [7, 11) is 0. The fraction of sp³-hybridized carbons (Fsp3) is 0.353. The van der Waals surface area contributed by atoms with E-state index in [0.717, 1.165) is 16.8 Å². The molecule has 1 N–H and O–H groups in total. The van der Waals surface area contributed by atoms with Gasteiger partial charge in [-0.3, -0.25) is 9.59 Å². The average Bonchev–Trinajstić information content (AvgIpc) is 3.03. The Kier molecular flexibility index (Phi) is 3.90. The van der Waals surface area contributed by atoms with E-state index in [1.54, 1.807) is 11.8 Å². The quantitative estimate of drug-likeness (QED) is 0.937. The smallest absolute Gasteiger partial charge is 0.309 e. The van der Waals surface area contributed by atoms with Gasteiger partial charge < -0.3 is 14.5 Å². The molecule has 0 unspecified atom stereocenters. The summed E-state index contributed by atoms with van der Waals surface area (Å²) in [6.45, 7) is 3.92. The molecule has 3 rings (SSSR count). The van der Waals surface area contributed by atoms with Gasteiger partial charge in [0, 0.05) is 12.0 Å². The van der Waals surface area contributed by atoms with Gasteiger partial charge in [-0.15, -0.1) is 0 Å². The van der Waals surface area contributed by atoms with Crippen LogP contribution in [0.1, 0.15) is 35.0 Å². The minimum atomic E-state index is -0.950. The highest BCUT2D eigenvalue weighted by atomic mass is 16.5. The molecule has 2 atom stereocenters. The van der Waals surface area contributed by atoms with Crippen molar-refractivity contribution in [2.75, 3.05) is 0 Å². The van der Waals surface area contributed by atoms with Crippen molar-refractivity contribution in [3.05, 3.63) is 52.9 Å². The molecule has 0 radical (unpaired) electrons. The van der Waals surface area contributed by atoms with E-state index in [2.05, 4.69) is 5.16 Å². The van der Waals surface area contributed by atoms with Crippen molar-refractivity contribution in [2.24, 2.45) is 5.92 Å². The zero-order chi connectivity index (χ0) is 16.6. The van der Waals surface area contributed by atoms with Crippen molar-refractivity contribution >= 4 is 11.9 Å². The largest absolute Gasteiger partial charge is 0.481 e. The van der Waals surface area contributed by atoms with Gasteiger partial charge in [-0.2, -0.15) is 0 Å². The number of hydrogen-bond donors (Lipinski definition) is 1. The number of carboxylic acids is 1. The summed E-state index contributed by atoms with van der Waals surface area (Å²) in [5, 5.41) is 13.4. The molecule has 120 valence electrons. The third kappa shape index (κ3) is 2.72. The van der Waals surface area contributed by atoms with Gasteiger partial charge in [0.1, 0.15) is 5.76 Å². The lowest BCUT2D eigenvalue weighted by Gasteiger charge is -2.27. The van der Waals surface area contributed by atoms with Crippen LogP contribution < -0.4 is 0 Å². The normalized spacial score (nSPS) is 21.0. The summed E-state index contributed by atoms with van der Waals surface area (Å²) in [5.41, 5.74) is 2.39. The Morgan fingerprint density at radius 1 is 1.35 bits per heavy atom. The number of hydrogen-bond acceptors (Lipinski definition) is 4. The molecular weight excluding hydrogens is 296 g/mol. The van der Waals surface area contributed by atoms with Crippen LogP contribution in [0, 0.1) is 19.8 Å². The first-order chi connectivity index (χ1) is 11.0. The maximum Gasteiger partial charge on any atom is 0.309 e. The summed E-state index contributed by atoms with van der Waals surface area (Å²) in [4.78, 5) is 25.7. The summed E-state index contributed by atoms with van der Waals surface area (Å²) in [6.07, 6.45) is 0.0122. The SMILES string of the molecule is Cc1noc(C)c1CN1C(=O)C[C@H](C(=O)O)[C@@H]1c1ccccc1. The summed E-state index contributed by atoms with van der Waals surface area (Å²) in [5.74, 6) is -1.20. The van der Waals surface area contributed by atoms with Crippen LogP contribution in [-0.2, 0) is 16.1 Å². The molecule has 1 aliphatic rings. The average molecular weight is 314 g/mol. The Bertz CT molecular complexity index is 719. The van der Waals surface area contributed by atoms with Crippen LogP contribution in [-0.4, -0.2) is 27.0 Å². The number of amides is 1. The molecule has 0 saturated carbocycles. The summed E-state index contributed by atoms with van der Waals surface area (Å²) in [6, 6.07) is 8.82. The van der Waals surface area contributed by atoms with Gasteiger partial charge in [-0.05, 0) is 19.4 Å². The van der Waals surface area contributed by atoms with Crippen LogP contribution in [0.2, 0.25) is 0 Å². The minimum Gasteiger partial charge on any atom is -0.481 e. The Morgan fingerprint density at radius 3 is 2.61 bits per heavy atom. The first-order valence-electron chi connectivity index (χ1n) is 7.48. The second-order valence-corrected chi connectivity index (χ2v) is 5.83. The number of aliphatic carboxylic acids is 1. The lowest BCUT2D eigenvalue weighted by Crippen LogP contribution is -2.30. The molecule has 2 heterocycles. The van der Waals surface area contributed by atoms with Crippen molar-refractivity contribution in [2.45, 2.75) is 32.9 Å². The molecule has 0 bridgehead atoms. The van der Waals surface area contributed by atoms with Crippen molar-refractivity contribution in [1.29, 1.82) is 0 Å². The van der Waals surface area contributed by atoms with E-state index in [1.165, 1.54) is 0 Å². The van der Waals surface area contributed by atoms with Crippen LogP contribution in [0.25, 0.3) is 0 Å². The van der Waals surface area contributed by atoms with Gasteiger partial charge in [0.25, 0.3) is 0 Å². The van der Waals surface area contributed by atoms with Crippen LogP contribution in [0.3, 0.4) is 0 Å². The van der Waals surface area contributed by atoms with Gasteiger partial charge in [0.15, 0.2) is 0 Å². The first-order valence-corrected chi connectivity index (χ1v) is 7.48. The Labute approximate surface area is 133 Å². The third-order valence-corrected chi connectivity index (χ3v) is 4.40. The highest BCUT2D eigenvalue weighted by Gasteiger charge is 2.44. The number of likely N-dealkylation sites (tertiary alicyclic amines) is 1. The van der Waals surface area contributed by atoms with E-state index in [1.807, 2.05) is 37.3 Å². The topological polar surface area (TPSA) is 83.6 Å². The number of aromatic nitrogens is 1. The van der Waals surface area contributed by atoms with Crippen molar-refractivity contribution in [1.82, 2.24) is 10.1 Å². The number of carbonyl (C=O) groups excluding carboxylic acids is 1. The van der Waals surface area contributed by atoms with Crippen LogP contribution in [0.4, 0.5) is 0 Å². The molecule has 1 aliphatic heterocycles. The second-order valence-electron chi connectivity index (χ2n) is 5.83. The number of carbonyl (C=O) groups is 2. The minimum absolute atomic E-state index is 0.0122. The predicted octanol–water partition coefficient (Wildman–Crippen LogP) is 2.47. The standard InChI is InChI=1S/C17H18N2O4/c1-10-14(11(2)23-18-10)9-19-15(20)8-13(17(21)22)16(19)12-6-4-3-5-7-12/h3-7,13,16H,8-9H2,1-2H3,(H,21,22)/t13-,16-/m0/s1. The maximum absolute atomic E-state index is 12.4. The van der Waals surface area contributed by atoms with E-state index in [0.29, 0.717) is 12.3 Å². The van der Waals surface area contributed by atoms with E-state index < -0.39 is 17.9 Å². The lowest BCUT2D eigenvalue weighted by molar-refractivity contribution is -0.142. The Morgan fingerprint density at radius 2 is 2.04 bits per heavy atom. The molecule has 0 aliphatic carbocycles. The van der Waals surface area contributed by atoms with Crippen LogP contribution >= 0.6 is 0 Å². The molecule has 1 aromatic heterocycles. The fourth-order valence-electron chi connectivity index (χ4n) is 3.16. The number of aryl methyl sites for hydroxylation is 2. The maximum atomic E-state index is 12.4. The second kappa shape index (κ2) is 5.87. The molecule has 2 aromatic rings.